The standard InChI is InChI=1S/C10H15N5S2/c11-7-6-13-8(16-7)4-2-1-3-5-9-14-15-10(12)17-9/h6H,1-5,11H2,(H2,12,15). The molecule has 0 amide bonds. The highest BCUT2D eigenvalue weighted by Crippen LogP contribution is 2.18. The fraction of sp³-hybridized carbons (Fsp3) is 0.500. The lowest BCUT2D eigenvalue weighted by molar-refractivity contribution is 0.672. The summed E-state index contributed by atoms with van der Waals surface area (Å²) in [6.07, 6.45) is 7.13. The van der Waals surface area contributed by atoms with Crippen molar-refractivity contribution in [1.29, 1.82) is 0 Å². The second-order valence-electron chi connectivity index (χ2n) is 3.75. The summed E-state index contributed by atoms with van der Waals surface area (Å²) in [7, 11) is 0. The molecule has 0 radical (unpaired) electrons. The molecule has 92 valence electrons. The molecule has 0 bridgehead atoms. The smallest absolute Gasteiger partial charge is 0.203 e. The maximum absolute atomic E-state index is 5.62. The molecule has 2 aromatic rings. The number of unbranched alkanes of at least 4 members (excludes halogenated alkanes) is 2. The minimum atomic E-state index is 0.554. The summed E-state index contributed by atoms with van der Waals surface area (Å²) in [5.74, 6) is 0. The Balaban J connectivity index is 1.60. The fourth-order valence-corrected chi connectivity index (χ4v) is 2.92. The molecule has 2 aromatic heterocycles. The van der Waals surface area contributed by atoms with E-state index >= 15 is 0 Å². The van der Waals surface area contributed by atoms with E-state index in [-0.39, 0.29) is 0 Å². The van der Waals surface area contributed by atoms with Crippen molar-refractivity contribution in [2.75, 3.05) is 11.5 Å². The van der Waals surface area contributed by atoms with Gasteiger partial charge < -0.3 is 11.5 Å². The lowest BCUT2D eigenvalue weighted by Crippen LogP contribution is -1.88. The SMILES string of the molecule is Nc1cnc(CCCCCc2nnc(N)s2)s1. The normalized spacial score (nSPS) is 10.8. The van der Waals surface area contributed by atoms with E-state index in [1.54, 1.807) is 17.5 Å². The highest BCUT2D eigenvalue weighted by molar-refractivity contribution is 7.15. The molecule has 5 nitrogen and oxygen atoms in total. The van der Waals surface area contributed by atoms with Gasteiger partial charge in [-0.15, -0.1) is 21.5 Å². The fourth-order valence-electron chi connectivity index (χ4n) is 1.54. The van der Waals surface area contributed by atoms with Crippen LogP contribution in [0.4, 0.5) is 10.1 Å². The molecule has 0 atom stereocenters. The average Bonchev–Trinajstić information content (AvgIpc) is 2.88. The highest BCUT2D eigenvalue weighted by Gasteiger charge is 2.02. The predicted octanol–water partition coefficient (Wildman–Crippen LogP) is 2.11. The van der Waals surface area contributed by atoms with Crippen molar-refractivity contribution in [2.24, 2.45) is 0 Å². The van der Waals surface area contributed by atoms with Crippen molar-refractivity contribution in [3.8, 4) is 0 Å². The lowest BCUT2D eigenvalue weighted by atomic mass is 10.1. The molecule has 0 saturated heterocycles. The molecule has 0 spiro atoms. The third-order valence-corrected chi connectivity index (χ3v) is 4.03. The third kappa shape index (κ3) is 3.94. The number of aromatic nitrogens is 3. The second kappa shape index (κ2) is 5.92. The number of thiazole rings is 1. The number of rotatable bonds is 6. The van der Waals surface area contributed by atoms with Gasteiger partial charge in [-0.25, -0.2) is 4.98 Å². The molecule has 0 aliphatic heterocycles. The summed E-state index contributed by atoms with van der Waals surface area (Å²) in [5.41, 5.74) is 11.1. The van der Waals surface area contributed by atoms with Gasteiger partial charge in [-0.05, 0) is 19.3 Å². The Labute approximate surface area is 108 Å². The molecule has 7 heteroatoms. The average molecular weight is 269 g/mol. The summed E-state index contributed by atoms with van der Waals surface area (Å²) in [6.45, 7) is 0. The zero-order chi connectivity index (χ0) is 12.1. The Bertz CT molecular complexity index is 422. The Morgan fingerprint density at radius 2 is 1.71 bits per heavy atom. The molecule has 4 N–H and O–H groups in total. The van der Waals surface area contributed by atoms with E-state index in [1.165, 1.54) is 17.8 Å². The van der Waals surface area contributed by atoms with Gasteiger partial charge in [-0.1, -0.05) is 17.8 Å². The Morgan fingerprint density at radius 1 is 0.941 bits per heavy atom. The number of nitrogen functional groups attached to an aromatic ring is 2. The van der Waals surface area contributed by atoms with Gasteiger partial charge >= 0.3 is 0 Å². The van der Waals surface area contributed by atoms with Crippen molar-refractivity contribution >= 4 is 32.8 Å². The molecule has 0 aliphatic rings. The van der Waals surface area contributed by atoms with Crippen molar-refractivity contribution < 1.29 is 0 Å². The summed E-state index contributed by atoms with van der Waals surface area (Å²) in [5, 5.41) is 11.3. The van der Waals surface area contributed by atoms with Gasteiger partial charge in [0.2, 0.25) is 5.13 Å². The lowest BCUT2D eigenvalue weighted by Gasteiger charge is -1.97. The van der Waals surface area contributed by atoms with Crippen molar-refractivity contribution in [1.82, 2.24) is 15.2 Å². The molecule has 0 unspecified atom stereocenters. The van der Waals surface area contributed by atoms with Crippen LogP contribution in [0.2, 0.25) is 0 Å². The summed E-state index contributed by atoms with van der Waals surface area (Å²) in [6, 6.07) is 0. The molecular formula is C10H15N5S2. The zero-order valence-electron chi connectivity index (χ0n) is 9.43. The van der Waals surface area contributed by atoms with E-state index in [1.807, 2.05) is 0 Å². The molecule has 17 heavy (non-hydrogen) atoms. The van der Waals surface area contributed by atoms with E-state index in [4.69, 9.17) is 11.5 Å². The van der Waals surface area contributed by atoms with Gasteiger partial charge in [-0.2, -0.15) is 0 Å². The van der Waals surface area contributed by atoms with Crippen LogP contribution in [0.3, 0.4) is 0 Å². The van der Waals surface area contributed by atoms with Gasteiger partial charge in [0.25, 0.3) is 0 Å². The maximum atomic E-state index is 5.62. The van der Waals surface area contributed by atoms with E-state index < -0.39 is 0 Å². The van der Waals surface area contributed by atoms with Crippen molar-refractivity contribution in [2.45, 2.75) is 32.1 Å². The van der Waals surface area contributed by atoms with Crippen LogP contribution < -0.4 is 11.5 Å². The number of nitrogens with two attached hydrogens (primary N) is 2. The van der Waals surface area contributed by atoms with Gasteiger partial charge in [0.15, 0.2) is 0 Å². The zero-order valence-corrected chi connectivity index (χ0v) is 11.1. The number of hydrogen-bond acceptors (Lipinski definition) is 7. The molecular weight excluding hydrogens is 254 g/mol. The van der Waals surface area contributed by atoms with Crippen LogP contribution in [-0.2, 0) is 12.8 Å². The van der Waals surface area contributed by atoms with Crippen LogP contribution in [0, 0.1) is 0 Å². The van der Waals surface area contributed by atoms with E-state index in [0.29, 0.717) is 5.13 Å². The summed E-state index contributed by atoms with van der Waals surface area (Å²) >= 11 is 3.05. The summed E-state index contributed by atoms with van der Waals surface area (Å²) in [4.78, 5) is 4.23. The van der Waals surface area contributed by atoms with Crippen LogP contribution in [-0.4, -0.2) is 15.2 Å². The number of aryl methyl sites for hydroxylation is 2. The molecule has 2 heterocycles. The second-order valence-corrected chi connectivity index (χ2v) is 5.99. The third-order valence-electron chi connectivity index (χ3n) is 2.34. The molecule has 0 aliphatic carbocycles. The van der Waals surface area contributed by atoms with Crippen LogP contribution in [0.25, 0.3) is 0 Å². The van der Waals surface area contributed by atoms with Crippen LogP contribution in [0.1, 0.15) is 29.3 Å². The van der Waals surface area contributed by atoms with E-state index in [9.17, 15) is 0 Å². The van der Waals surface area contributed by atoms with Gasteiger partial charge in [0.05, 0.1) is 11.2 Å². The number of nitrogens with zero attached hydrogens (tertiary/aromatic N) is 3. The van der Waals surface area contributed by atoms with Crippen LogP contribution in [0.15, 0.2) is 6.20 Å². The number of anilines is 2. The largest absolute Gasteiger partial charge is 0.389 e. The van der Waals surface area contributed by atoms with Gasteiger partial charge in [0, 0.05) is 6.42 Å². The molecule has 0 aromatic carbocycles. The monoisotopic (exact) mass is 269 g/mol. The predicted molar refractivity (Wildman–Crippen MR) is 72.1 cm³/mol. The first-order valence-corrected chi connectivity index (χ1v) is 7.15. The van der Waals surface area contributed by atoms with Gasteiger partial charge in [0.1, 0.15) is 10.0 Å². The number of hydrogen-bond donors (Lipinski definition) is 2. The van der Waals surface area contributed by atoms with Gasteiger partial charge in [-0.3, -0.25) is 0 Å². The van der Waals surface area contributed by atoms with Crippen molar-refractivity contribution in [3.05, 3.63) is 16.2 Å². The Hall–Kier alpha value is -1.21. The Morgan fingerprint density at radius 3 is 2.29 bits per heavy atom. The van der Waals surface area contributed by atoms with E-state index in [2.05, 4.69) is 15.2 Å². The first-order chi connectivity index (χ1) is 8.24. The van der Waals surface area contributed by atoms with Crippen LogP contribution >= 0.6 is 22.7 Å². The van der Waals surface area contributed by atoms with Crippen LogP contribution in [0.5, 0.6) is 0 Å². The first-order valence-electron chi connectivity index (χ1n) is 5.52. The first kappa shape index (κ1) is 12.3. The Kier molecular flexibility index (Phi) is 4.27. The topological polar surface area (TPSA) is 90.7 Å². The summed E-state index contributed by atoms with van der Waals surface area (Å²) < 4.78 is 0. The molecule has 0 saturated carbocycles. The van der Waals surface area contributed by atoms with E-state index in [0.717, 1.165) is 40.7 Å². The van der Waals surface area contributed by atoms with Crippen molar-refractivity contribution in [3.63, 3.8) is 0 Å². The maximum Gasteiger partial charge on any atom is 0.203 e. The minimum absolute atomic E-state index is 0.554. The minimum Gasteiger partial charge on any atom is -0.389 e. The molecule has 0 fully saturated rings. The molecule has 2 rings (SSSR count). The highest BCUT2D eigenvalue weighted by atomic mass is 32.1. The quantitative estimate of drug-likeness (QED) is 0.784.